The molecule has 0 saturated heterocycles. The van der Waals surface area contributed by atoms with Crippen molar-refractivity contribution in [3.8, 4) is 0 Å². The molecule has 0 fully saturated rings. The smallest absolute Gasteiger partial charge is 0.338 e. The van der Waals surface area contributed by atoms with Crippen molar-refractivity contribution in [2.75, 3.05) is 19.4 Å². The summed E-state index contributed by atoms with van der Waals surface area (Å²) in [6.45, 7) is 4.24. The molecule has 0 saturated carbocycles. The highest BCUT2D eigenvalue weighted by Gasteiger charge is 2.14. The number of hydrogen-bond donors (Lipinski definition) is 1. The van der Waals surface area contributed by atoms with E-state index in [9.17, 15) is 9.59 Å². The molecule has 2 aromatic carbocycles. The normalized spacial score (nSPS) is 10.3. The van der Waals surface area contributed by atoms with Crippen molar-refractivity contribution in [2.45, 2.75) is 20.4 Å². The largest absolute Gasteiger partial charge is 0.452 e. The Morgan fingerprint density at radius 2 is 1.75 bits per heavy atom. The maximum Gasteiger partial charge on any atom is 0.338 e. The predicted octanol–water partition coefficient (Wildman–Crippen LogP) is 2.70. The second-order valence-electron chi connectivity index (χ2n) is 5.88. The molecule has 2 rings (SSSR count). The molecule has 24 heavy (non-hydrogen) atoms. The summed E-state index contributed by atoms with van der Waals surface area (Å²) in [4.78, 5) is 25.6. The summed E-state index contributed by atoms with van der Waals surface area (Å²) in [6.07, 6.45) is 0. The molecule has 0 aromatic heterocycles. The van der Waals surface area contributed by atoms with E-state index in [1.807, 2.05) is 26.0 Å². The number of nitrogens with two attached hydrogens (primary N) is 1. The molecule has 126 valence electrons. The van der Waals surface area contributed by atoms with Gasteiger partial charge in [0.05, 0.1) is 5.56 Å². The van der Waals surface area contributed by atoms with E-state index in [2.05, 4.69) is 6.07 Å². The van der Waals surface area contributed by atoms with E-state index >= 15 is 0 Å². The van der Waals surface area contributed by atoms with Crippen LogP contribution in [-0.2, 0) is 16.1 Å². The monoisotopic (exact) mass is 326 g/mol. The van der Waals surface area contributed by atoms with Crippen LogP contribution in [0.3, 0.4) is 0 Å². The number of carbonyl (C=O) groups is 2. The molecule has 1 amide bonds. The van der Waals surface area contributed by atoms with Gasteiger partial charge in [-0.2, -0.15) is 0 Å². The molecule has 0 aliphatic rings. The Kier molecular flexibility index (Phi) is 5.58. The summed E-state index contributed by atoms with van der Waals surface area (Å²) in [6, 6.07) is 12.5. The van der Waals surface area contributed by atoms with Gasteiger partial charge in [0.15, 0.2) is 6.61 Å². The van der Waals surface area contributed by atoms with E-state index in [1.165, 1.54) is 5.56 Å². The summed E-state index contributed by atoms with van der Waals surface area (Å²) < 4.78 is 5.07. The van der Waals surface area contributed by atoms with Crippen LogP contribution >= 0.6 is 0 Å². The third-order valence-corrected chi connectivity index (χ3v) is 3.80. The average molecular weight is 326 g/mol. The zero-order chi connectivity index (χ0) is 17.7. The lowest BCUT2D eigenvalue weighted by molar-refractivity contribution is -0.133. The number of amides is 1. The minimum absolute atomic E-state index is 0.251. The number of hydrogen-bond acceptors (Lipinski definition) is 4. The molecule has 0 aliphatic heterocycles. The second-order valence-corrected chi connectivity index (χ2v) is 5.88. The SMILES string of the molecule is Cc1ccc(CN(C)C(=O)COC(=O)c2ccc(N)cc2)c(C)c1. The van der Waals surface area contributed by atoms with Crippen LogP contribution < -0.4 is 5.73 Å². The van der Waals surface area contributed by atoms with Crippen molar-refractivity contribution < 1.29 is 14.3 Å². The number of nitrogens with zero attached hydrogens (tertiary/aromatic N) is 1. The highest BCUT2D eigenvalue weighted by atomic mass is 16.5. The van der Waals surface area contributed by atoms with Crippen LogP contribution in [0.1, 0.15) is 27.0 Å². The van der Waals surface area contributed by atoms with E-state index < -0.39 is 5.97 Å². The third-order valence-electron chi connectivity index (χ3n) is 3.80. The molecule has 0 aliphatic carbocycles. The highest BCUT2D eigenvalue weighted by Crippen LogP contribution is 2.13. The number of esters is 1. The van der Waals surface area contributed by atoms with Crippen LogP contribution in [0.2, 0.25) is 0 Å². The van der Waals surface area contributed by atoms with Crippen LogP contribution in [0.15, 0.2) is 42.5 Å². The number of carbonyl (C=O) groups excluding carboxylic acids is 2. The average Bonchev–Trinajstić information content (AvgIpc) is 2.55. The maximum atomic E-state index is 12.1. The summed E-state index contributed by atoms with van der Waals surface area (Å²) >= 11 is 0. The van der Waals surface area contributed by atoms with Gasteiger partial charge in [-0.05, 0) is 49.2 Å². The Morgan fingerprint density at radius 1 is 1.08 bits per heavy atom. The molecular weight excluding hydrogens is 304 g/mol. The van der Waals surface area contributed by atoms with Gasteiger partial charge in [0.25, 0.3) is 5.91 Å². The lowest BCUT2D eigenvalue weighted by Crippen LogP contribution is -2.31. The molecular formula is C19H22N2O3. The number of benzene rings is 2. The van der Waals surface area contributed by atoms with Gasteiger partial charge in [-0.3, -0.25) is 4.79 Å². The van der Waals surface area contributed by atoms with Gasteiger partial charge in [0.2, 0.25) is 0 Å². The van der Waals surface area contributed by atoms with E-state index in [0.717, 1.165) is 11.1 Å². The van der Waals surface area contributed by atoms with Crippen molar-refractivity contribution in [3.05, 3.63) is 64.7 Å². The van der Waals surface area contributed by atoms with E-state index in [0.29, 0.717) is 17.8 Å². The van der Waals surface area contributed by atoms with E-state index in [-0.39, 0.29) is 12.5 Å². The quantitative estimate of drug-likeness (QED) is 0.677. The molecule has 0 unspecified atom stereocenters. The highest BCUT2D eigenvalue weighted by molar-refractivity contribution is 5.91. The van der Waals surface area contributed by atoms with Gasteiger partial charge in [-0.1, -0.05) is 23.8 Å². The Bertz CT molecular complexity index is 739. The van der Waals surface area contributed by atoms with Gasteiger partial charge < -0.3 is 15.4 Å². The summed E-state index contributed by atoms with van der Waals surface area (Å²) in [7, 11) is 1.69. The fourth-order valence-corrected chi connectivity index (χ4v) is 2.31. The molecule has 0 bridgehead atoms. The first-order chi connectivity index (χ1) is 11.4. The number of anilines is 1. The Balaban J connectivity index is 1.89. The molecule has 2 aromatic rings. The minimum Gasteiger partial charge on any atom is -0.452 e. The molecule has 0 spiro atoms. The van der Waals surface area contributed by atoms with Crippen LogP contribution in [0.5, 0.6) is 0 Å². The van der Waals surface area contributed by atoms with Crippen LogP contribution in [0, 0.1) is 13.8 Å². The standard InChI is InChI=1S/C19H22N2O3/c1-13-4-5-16(14(2)10-13)11-21(3)18(22)12-24-19(23)15-6-8-17(20)9-7-15/h4-10H,11-12,20H2,1-3H3. The van der Waals surface area contributed by atoms with Crippen LogP contribution in [-0.4, -0.2) is 30.4 Å². The lowest BCUT2D eigenvalue weighted by Gasteiger charge is -2.18. The van der Waals surface area contributed by atoms with E-state index in [4.69, 9.17) is 10.5 Å². The van der Waals surface area contributed by atoms with Crippen LogP contribution in [0.4, 0.5) is 5.69 Å². The summed E-state index contributed by atoms with van der Waals surface area (Å²) in [5, 5.41) is 0. The van der Waals surface area contributed by atoms with Gasteiger partial charge in [-0.15, -0.1) is 0 Å². The third kappa shape index (κ3) is 4.59. The van der Waals surface area contributed by atoms with Crippen molar-refractivity contribution >= 4 is 17.6 Å². The van der Waals surface area contributed by atoms with Crippen molar-refractivity contribution in [2.24, 2.45) is 0 Å². The zero-order valence-corrected chi connectivity index (χ0v) is 14.2. The van der Waals surface area contributed by atoms with Crippen molar-refractivity contribution in [3.63, 3.8) is 0 Å². The first kappa shape index (κ1) is 17.5. The maximum absolute atomic E-state index is 12.1. The molecule has 0 heterocycles. The molecule has 0 radical (unpaired) electrons. The molecule has 2 N–H and O–H groups in total. The van der Waals surface area contributed by atoms with Gasteiger partial charge in [0.1, 0.15) is 0 Å². The van der Waals surface area contributed by atoms with Gasteiger partial charge in [0, 0.05) is 19.3 Å². The topological polar surface area (TPSA) is 72.6 Å². The number of nitrogen functional groups attached to an aromatic ring is 1. The predicted molar refractivity (Wildman–Crippen MR) is 93.5 cm³/mol. The first-order valence-corrected chi connectivity index (χ1v) is 7.69. The van der Waals surface area contributed by atoms with Crippen molar-refractivity contribution in [1.29, 1.82) is 0 Å². The van der Waals surface area contributed by atoms with Crippen LogP contribution in [0.25, 0.3) is 0 Å². The lowest BCUT2D eigenvalue weighted by atomic mass is 10.1. The summed E-state index contributed by atoms with van der Waals surface area (Å²) in [5.41, 5.74) is 9.89. The van der Waals surface area contributed by atoms with E-state index in [1.54, 1.807) is 36.2 Å². The molecule has 5 heteroatoms. The first-order valence-electron chi connectivity index (χ1n) is 7.69. The fraction of sp³-hybridized carbons (Fsp3) is 0.263. The Labute approximate surface area is 142 Å². The summed E-state index contributed by atoms with van der Waals surface area (Å²) in [5.74, 6) is -0.790. The number of rotatable bonds is 5. The second kappa shape index (κ2) is 7.64. The Morgan fingerprint density at radius 3 is 2.38 bits per heavy atom. The number of aryl methyl sites for hydroxylation is 2. The minimum atomic E-state index is -0.539. The zero-order valence-electron chi connectivity index (χ0n) is 14.2. The molecule has 5 nitrogen and oxygen atoms in total. The number of ether oxygens (including phenoxy) is 1. The number of likely N-dealkylation sites (N-methyl/N-ethyl adjacent to an activating group) is 1. The van der Waals surface area contributed by atoms with Crippen molar-refractivity contribution in [1.82, 2.24) is 4.90 Å². The molecule has 0 atom stereocenters. The Hall–Kier alpha value is -2.82. The fourth-order valence-electron chi connectivity index (χ4n) is 2.31. The van der Waals surface area contributed by atoms with Gasteiger partial charge in [-0.25, -0.2) is 4.79 Å². The van der Waals surface area contributed by atoms with Gasteiger partial charge >= 0.3 is 5.97 Å².